The molecule has 0 saturated carbocycles. The Labute approximate surface area is 152 Å². The van der Waals surface area contributed by atoms with Crippen molar-refractivity contribution in [3.63, 3.8) is 0 Å². The lowest BCUT2D eigenvalue weighted by atomic mass is 10.1. The Balaban J connectivity index is 1.91. The van der Waals surface area contributed by atoms with Crippen molar-refractivity contribution in [2.24, 2.45) is 10.9 Å². The summed E-state index contributed by atoms with van der Waals surface area (Å²) in [5.74, 6) is 1.62. The molecule has 138 valence electrons. The Hall–Kier alpha value is -3.22. The molecule has 0 radical (unpaired) electrons. The lowest BCUT2D eigenvalue weighted by Crippen LogP contribution is -2.17. The van der Waals surface area contributed by atoms with Crippen molar-refractivity contribution in [2.75, 3.05) is 21.3 Å². The van der Waals surface area contributed by atoms with Crippen LogP contribution in [0.2, 0.25) is 0 Å². The van der Waals surface area contributed by atoms with Gasteiger partial charge in [0.1, 0.15) is 11.6 Å². The van der Waals surface area contributed by atoms with Crippen LogP contribution in [0.1, 0.15) is 11.1 Å². The minimum atomic E-state index is -0.495. The summed E-state index contributed by atoms with van der Waals surface area (Å²) in [4.78, 5) is 16.7. The molecule has 0 spiro atoms. The summed E-state index contributed by atoms with van der Waals surface area (Å²) in [6.07, 6.45) is 0.410. The van der Waals surface area contributed by atoms with Crippen molar-refractivity contribution in [1.82, 2.24) is 0 Å². The van der Waals surface area contributed by atoms with E-state index in [1.165, 1.54) is 0 Å². The molecular formula is C19H22N2O5. The highest BCUT2D eigenvalue weighted by Crippen LogP contribution is 2.27. The number of benzene rings is 2. The standard InChI is InChI=1S/C19H22N2O5/c1-23-15-7-4-13(5-8-15)12-19(22)26-21-18(20)11-14-6-9-16(24-2)17(10-14)25-3/h4-10H,11-12H2,1-3H3,(H2,20,21). The molecular weight excluding hydrogens is 336 g/mol. The van der Waals surface area contributed by atoms with Gasteiger partial charge in [-0.25, -0.2) is 4.79 Å². The maximum absolute atomic E-state index is 11.9. The molecule has 2 rings (SSSR count). The van der Waals surface area contributed by atoms with E-state index < -0.39 is 5.97 Å². The fourth-order valence-electron chi connectivity index (χ4n) is 2.28. The highest BCUT2D eigenvalue weighted by molar-refractivity contribution is 5.83. The number of rotatable bonds is 8. The number of methoxy groups -OCH3 is 3. The Morgan fingerprint density at radius 2 is 1.54 bits per heavy atom. The zero-order valence-corrected chi connectivity index (χ0v) is 15.0. The number of amidine groups is 1. The molecule has 7 nitrogen and oxygen atoms in total. The monoisotopic (exact) mass is 358 g/mol. The van der Waals surface area contributed by atoms with E-state index >= 15 is 0 Å². The quantitative estimate of drug-likeness (QED) is 0.337. The smallest absolute Gasteiger partial charge is 0.339 e. The van der Waals surface area contributed by atoms with Crippen LogP contribution in [-0.4, -0.2) is 33.1 Å². The van der Waals surface area contributed by atoms with E-state index in [-0.39, 0.29) is 12.3 Å². The number of hydrogen-bond acceptors (Lipinski definition) is 6. The van der Waals surface area contributed by atoms with Gasteiger partial charge in [0.25, 0.3) is 0 Å². The Morgan fingerprint density at radius 3 is 2.15 bits per heavy atom. The van der Waals surface area contributed by atoms with Gasteiger partial charge in [-0.1, -0.05) is 23.4 Å². The molecule has 0 saturated heterocycles. The molecule has 0 aliphatic rings. The largest absolute Gasteiger partial charge is 0.497 e. The van der Waals surface area contributed by atoms with Gasteiger partial charge >= 0.3 is 5.97 Å². The Bertz CT molecular complexity index is 772. The minimum Gasteiger partial charge on any atom is -0.497 e. The van der Waals surface area contributed by atoms with Crippen LogP contribution in [0.4, 0.5) is 0 Å². The van der Waals surface area contributed by atoms with Crippen molar-refractivity contribution < 1.29 is 23.8 Å². The normalized spacial score (nSPS) is 11.0. The van der Waals surface area contributed by atoms with E-state index in [2.05, 4.69) is 5.16 Å². The zero-order valence-electron chi connectivity index (χ0n) is 15.0. The summed E-state index contributed by atoms with van der Waals surface area (Å²) >= 11 is 0. The highest BCUT2D eigenvalue weighted by Gasteiger charge is 2.08. The third-order valence-electron chi connectivity index (χ3n) is 3.61. The van der Waals surface area contributed by atoms with Crippen LogP contribution in [0.25, 0.3) is 0 Å². The summed E-state index contributed by atoms with van der Waals surface area (Å²) in [6.45, 7) is 0. The van der Waals surface area contributed by atoms with Gasteiger partial charge in [-0.2, -0.15) is 0 Å². The molecule has 0 unspecified atom stereocenters. The fourth-order valence-corrected chi connectivity index (χ4v) is 2.28. The molecule has 0 aliphatic heterocycles. The van der Waals surface area contributed by atoms with Crippen LogP contribution < -0.4 is 19.9 Å². The van der Waals surface area contributed by atoms with Crippen molar-refractivity contribution in [3.8, 4) is 17.2 Å². The van der Waals surface area contributed by atoms with Crippen LogP contribution in [0.5, 0.6) is 17.2 Å². The Kier molecular flexibility index (Phi) is 6.84. The van der Waals surface area contributed by atoms with Crippen LogP contribution in [0.3, 0.4) is 0 Å². The maximum atomic E-state index is 11.9. The molecule has 0 bridgehead atoms. The van der Waals surface area contributed by atoms with Crippen LogP contribution in [0.15, 0.2) is 47.6 Å². The average Bonchev–Trinajstić information content (AvgIpc) is 2.67. The minimum absolute atomic E-state index is 0.0944. The second-order valence-corrected chi connectivity index (χ2v) is 5.44. The molecule has 2 N–H and O–H groups in total. The van der Waals surface area contributed by atoms with E-state index in [0.29, 0.717) is 17.9 Å². The fraction of sp³-hybridized carbons (Fsp3) is 0.263. The number of nitrogens with zero attached hydrogens (tertiary/aromatic N) is 1. The molecule has 0 fully saturated rings. The second kappa shape index (κ2) is 9.31. The maximum Gasteiger partial charge on any atom is 0.339 e. The Morgan fingerprint density at radius 1 is 0.885 bits per heavy atom. The first-order valence-electron chi connectivity index (χ1n) is 7.91. The van der Waals surface area contributed by atoms with E-state index in [4.69, 9.17) is 24.8 Å². The van der Waals surface area contributed by atoms with E-state index in [0.717, 1.165) is 16.9 Å². The van der Waals surface area contributed by atoms with Crippen molar-refractivity contribution in [1.29, 1.82) is 0 Å². The molecule has 0 aliphatic carbocycles. The molecule has 0 heterocycles. The second-order valence-electron chi connectivity index (χ2n) is 5.44. The number of carbonyl (C=O) groups excluding carboxylic acids is 1. The van der Waals surface area contributed by atoms with E-state index in [9.17, 15) is 4.79 Å². The molecule has 0 atom stereocenters. The van der Waals surface area contributed by atoms with Crippen LogP contribution >= 0.6 is 0 Å². The van der Waals surface area contributed by atoms with Gasteiger partial charge in [-0.15, -0.1) is 0 Å². The van der Waals surface area contributed by atoms with Crippen molar-refractivity contribution in [2.45, 2.75) is 12.8 Å². The number of oxime groups is 1. The summed E-state index contributed by atoms with van der Waals surface area (Å²) in [5, 5.41) is 3.70. The van der Waals surface area contributed by atoms with Gasteiger partial charge in [0.2, 0.25) is 0 Å². The number of carbonyl (C=O) groups is 1. The summed E-state index contributed by atoms with van der Waals surface area (Å²) in [7, 11) is 4.70. The molecule has 0 amide bonds. The predicted octanol–water partition coefficient (Wildman–Crippen LogP) is 2.31. The van der Waals surface area contributed by atoms with Crippen molar-refractivity contribution >= 4 is 11.8 Å². The molecule has 2 aromatic carbocycles. The van der Waals surface area contributed by atoms with Gasteiger partial charge < -0.3 is 24.8 Å². The molecule has 7 heteroatoms. The number of nitrogens with two attached hydrogens (primary N) is 1. The van der Waals surface area contributed by atoms with Gasteiger partial charge in [-0.05, 0) is 35.4 Å². The van der Waals surface area contributed by atoms with Gasteiger partial charge in [0.05, 0.1) is 27.8 Å². The number of hydrogen-bond donors (Lipinski definition) is 1. The first-order valence-corrected chi connectivity index (χ1v) is 7.91. The van der Waals surface area contributed by atoms with Gasteiger partial charge in [-0.3, -0.25) is 0 Å². The molecule has 2 aromatic rings. The summed E-state index contributed by atoms with van der Waals surface area (Å²) < 4.78 is 15.5. The third-order valence-corrected chi connectivity index (χ3v) is 3.61. The average molecular weight is 358 g/mol. The first kappa shape index (κ1) is 19.1. The van der Waals surface area contributed by atoms with E-state index in [1.54, 1.807) is 57.7 Å². The van der Waals surface area contributed by atoms with Gasteiger partial charge in [0.15, 0.2) is 11.5 Å². The topological polar surface area (TPSA) is 92.4 Å². The lowest BCUT2D eigenvalue weighted by molar-refractivity contribution is -0.142. The molecule has 26 heavy (non-hydrogen) atoms. The predicted molar refractivity (Wildman–Crippen MR) is 97.7 cm³/mol. The third kappa shape index (κ3) is 5.41. The highest BCUT2D eigenvalue weighted by atomic mass is 16.7. The number of ether oxygens (including phenoxy) is 3. The first-order chi connectivity index (χ1) is 12.5. The lowest BCUT2D eigenvalue weighted by Gasteiger charge is -2.09. The SMILES string of the molecule is COc1ccc(CC(=O)O/N=C(/N)Cc2ccc(OC)c(OC)c2)cc1. The summed E-state index contributed by atoms with van der Waals surface area (Å²) in [6, 6.07) is 12.5. The summed E-state index contributed by atoms with van der Waals surface area (Å²) in [5.41, 5.74) is 7.48. The molecule has 0 aromatic heterocycles. The van der Waals surface area contributed by atoms with Crippen LogP contribution in [0, 0.1) is 0 Å². The zero-order chi connectivity index (χ0) is 18.9. The van der Waals surface area contributed by atoms with E-state index in [1.807, 2.05) is 6.07 Å². The van der Waals surface area contributed by atoms with Gasteiger partial charge in [0, 0.05) is 6.42 Å². The van der Waals surface area contributed by atoms with Crippen molar-refractivity contribution in [3.05, 3.63) is 53.6 Å². The van der Waals surface area contributed by atoms with Crippen LogP contribution in [-0.2, 0) is 22.5 Å².